The SMILES string of the molecule is O=S(=O)(NCCc1nc(-c2ccncc2)cs1)c1ccccc1. The van der Waals surface area contributed by atoms with Crippen molar-refractivity contribution in [2.24, 2.45) is 0 Å². The Bertz CT molecular complexity index is 863. The van der Waals surface area contributed by atoms with Gasteiger partial charge in [0.25, 0.3) is 0 Å². The van der Waals surface area contributed by atoms with E-state index >= 15 is 0 Å². The fourth-order valence-electron chi connectivity index (χ4n) is 2.06. The third-order valence-electron chi connectivity index (χ3n) is 3.21. The first-order chi connectivity index (χ1) is 11.1. The third kappa shape index (κ3) is 4.01. The van der Waals surface area contributed by atoms with Crippen LogP contribution in [0.2, 0.25) is 0 Å². The van der Waals surface area contributed by atoms with Crippen LogP contribution in [0.5, 0.6) is 0 Å². The smallest absolute Gasteiger partial charge is 0.240 e. The molecule has 1 N–H and O–H groups in total. The molecule has 0 fully saturated rings. The van der Waals surface area contributed by atoms with E-state index < -0.39 is 10.0 Å². The van der Waals surface area contributed by atoms with Crippen LogP contribution in [0.1, 0.15) is 5.01 Å². The maximum absolute atomic E-state index is 12.1. The molecule has 0 amide bonds. The summed E-state index contributed by atoms with van der Waals surface area (Å²) in [6.45, 7) is 0.320. The van der Waals surface area contributed by atoms with Gasteiger partial charge in [-0.05, 0) is 24.3 Å². The molecule has 0 unspecified atom stereocenters. The highest BCUT2D eigenvalue weighted by Gasteiger charge is 2.13. The van der Waals surface area contributed by atoms with Crippen molar-refractivity contribution < 1.29 is 8.42 Å². The minimum absolute atomic E-state index is 0.275. The van der Waals surface area contributed by atoms with E-state index in [2.05, 4.69) is 14.7 Å². The van der Waals surface area contributed by atoms with Gasteiger partial charge >= 0.3 is 0 Å². The topological polar surface area (TPSA) is 72.0 Å². The standard InChI is InChI=1S/C16H15N3O2S2/c20-23(21,14-4-2-1-3-5-14)18-11-8-16-19-15(12-22-16)13-6-9-17-10-7-13/h1-7,9-10,12,18H,8,11H2. The third-order valence-corrected chi connectivity index (χ3v) is 5.60. The van der Waals surface area contributed by atoms with Gasteiger partial charge in [-0.2, -0.15) is 0 Å². The van der Waals surface area contributed by atoms with Gasteiger partial charge in [0, 0.05) is 36.3 Å². The second-order valence-electron chi connectivity index (χ2n) is 4.82. The highest BCUT2D eigenvalue weighted by atomic mass is 32.2. The molecule has 0 aliphatic rings. The van der Waals surface area contributed by atoms with Gasteiger partial charge in [-0.1, -0.05) is 18.2 Å². The highest BCUT2D eigenvalue weighted by molar-refractivity contribution is 7.89. The quantitative estimate of drug-likeness (QED) is 0.746. The van der Waals surface area contributed by atoms with E-state index in [-0.39, 0.29) is 4.90 Å². The van der Waals surface area contributed by atoms with Crippen molar-refractivity contribution in [2.45, 2.75) is 11.3 Å². The molecule has 0 radical (unpaired) electrons. The van der Waals surface area contributed by atoms with Gasteiger partial charge in [0.05, 0.1) is 15.6 Å². The molecule has 23 heavy (non-hydrogen) atoms. The lowest BCUT2D eigenvalue weighted by Gasteiger charge is -2.05. The van der Waals surface area contributed by atoms with Crippen LogP contribution in [0.25, 0.3) is 11.3 Å². The molecule has 0 bridgehead atoms. The second-order valence-corrected chi connectivity index (χ2v) is 7.53. The number of hydrogen-bond donors (Lipinski definition) is 1. The Hall–Kier alpha value is -2.09. The van der Waals surface area contributed by atoms with Gasteiger partial charge in [-0.25, -0.2) is 18.1 Å². The Morgan fingerprint density at radius 3 is 2.52 bits per heavy atom. The number of thiazole rings is 1. The van der Waals surface area contributed by atoms with Gasteiger partial charge in [0.2, 0.25) is 10.0 Å². The summed E-state index contributed by atoms with van der Waals surface area (Å²) < 4.78 is 26.8. The summed E-state index contributed by atoms with van der Waals surface area (Å²) in [7, 11) is -3.46. The maximum atomic E-state index is 12.1. The molecule has 0 saturated heterocycles. The summed E-state index contributed by atoms with van der Waals surface area (Å²) in [6, 6.07) is 12.1. The Morgan fingerprint density at radius 1 is 1.04 bits per heavy atom. The van der Waals surface area contributed by atoms with E-state index in [1.54, 1.807) is 42.7 Å². The molecular formula is C16H15N3O2S2. The Morgan fingerprint density at radius 2 is 1.78 bits per heavy atom. The molecule has 5 nitrogen and oxygen atoms in total. The van der Waals surface area contributed by atoms with Crippen molar-refractivity contribution in [1.29, 1.82) is 0 Å². The van der Waals surface area contributed by atoms with Crippen LogP contribution in [0.3, 0.4) is 0 Å². The predicted molar refractivity (Wildman–Crippen MR) is 90.7 cm³/mol. The van der Waals surface area contributed by atoms with E-state index in [0.29, 0.717) is 13.0 Å². The molecule has 0 atom stereocenters. The molecule has 2 heterocycles. The number of nitrogens with one attached hydrogen (secondary N) is 1. The molecule has 2 aromatic heterocycles. The van der Waals surface area contributed by atoms with Crippen molar-refractivity contribution in [2.75, 3.05) is 6.54 Å². The van der Waals surface area contributed by atoms with Crippen molar-refractivity contribution >= 4 is 21.4 Å². The zero-order chi connectivity index (χ0) is 16.1. The monoisotopic (exact) mass is 345 g/mol. The highest BCUT2D eigenvalue weighted by Crippen LogP contribution is 2.21. The summed E-state index contributed by atoms with van der Waals surface area (Å²) in [5.74, 6) is 0. The average molecular weight is 345 g/mol. The van der Waals surface area contributed by atoms with E-state index in [1.807, 2.05) is 17.5 Å². The van der Waals surface area contributed by atoms with Gasteiger partial charge in [-0.3, -0.25) is 4.98 Å². The summed E-state index contributed by atoms with van der Waals surface area (Å²) in [4.78, 5) is 8.79. The number of rotatable bonds is 6. The molecule has 0 spiro atoms. The predicted octanol–water partition coefficient (Wildman–Crippen LogP) is 2.73. The number of nitrogens with zero attached hydrogens (tertiary/aromatic N) is 2. The first-order valence-electron chi connectivity index (χ1n) is 7.05. The zero-order valence-corrected chi connectivity index (χ0v) is 13.8. The molecule has 3 aromatic rings. The molecular weight excluding hydrogens is 330 g/mol. The van der Waals surface area contributed by atoms with Gasteiger partial charge < -0.3 is 0 Å². The first kappa shape index (κ1) is 15.8. The van der Waals surface area contributed by atoms with Crippen LogP contribution >= 0.6 is 11.3 Å². The van der Waals surface area contributed by atoms with E-state index in [1.165, 1.54) is 11.3 Å². The van der Waals surface area contributed by atoms with Crippen molar-refractivity contribution in [3.05, 3.63) is 65.2 Å². The minimum atomic E-state index is -3.46. The van der Waals surface area contributed by atoms with E-state index in [9.17, 15) is 8.42 Å². The molecule has 0 aliphatic carbocycles. The fourth-order valence-corrected chi connectivity index (χ4v) is 3.92. The van der Waals surface area contributed by atoms with Crippen LogP contribution < -0.4 is 4.72 Å². The number of aromatic nitrogens is 2. The lowest BCUT2D eigenvalue weighted by atomic mass is 10.2. The van der Waals surface area contributed by atoms with E-state index in [0.717, 1.165) is 16.3 Å². The molecule has 118 valence electrons. The van der Waals surface area contributed by atoms with Gasteiger partial charge in [-0.15, -0.1) is 11.3 Å². The molecule has 3 rings (SSSR count). The molecule has 0 aliphatic heterocycles. The van der Waals surface area contributed by atoms with Crippen LogP contribution in [0, 0.1) is 0 Å². The molecule has 7 heteroatoms. The number of pyridine rings is 1. The summed E-state index contributed by atoms with van der Waals surface area (Å²) in [5, 5.41) is 2.86. The number of benzene rings is 1. The van der Waals surface area contributed by atoms with Crippen LogP contribution in [0.15, 0.2) is 65.1 Å². The van der Waals surface area contributed by atoms with Crippen LogP contribution in [-0.4, -0.2) is 24.9 Å². The van der Waals surface area contributed by atoms with Crippen LogP contribution in [-0.2, 0) is 16.4 Å². The number of sulfonamides is 1. The van der Waals surface area contributed by atoms with E-state index in [4.69, 9.17) is 0 Å². The zero-order valence-electron chi connectivity index (χ0n) is 12.2. The van der Waals surface area contributed by atoms with Gasteiger partial charge in [0.1, 0.15) is 0 Å². The summed E-state index contributed by atoms with van der Waals surface area (Å²) in [5.41, 5.74) is 1.89. The minimum Gasteiger partial charge on any atom is -0.265 e. The fraction of sp³-hybridized carbons (Fsp3) is 0.125. The van der Waals surface area contributed by atoms with Gasteiger partial charge in [0.15, 0.2) is 0 Å². The Balaban J connectivity index is 1.61. The lowest BCUT2D eigenvalue weighted by Crippen LogP contribution is -2.25. The number of hydrogen-bond acceptors (Lipinski definition) is 5. The van der Waals surface area contributed by atoms with Crippen LogP contribution in [0.4, 0.5) is 0 Å². The van der Waals surface area contributed by atoms with Crippen molar-refractivity contribution in [1.82, 2.24) is 14.7 Å². The Labute approximate surface area is 139 Å². The summed E-state index contributed by atoms with van der Waals surface area (Å²) >= 11 is 1.52. The largest absolute Gasteiger partial charge is 0.265 e. The second kappa shape index (κ2) is 6.99. The Kier molecular flexibility index (Phi) is 4.80. The molecule has 1 aromatic carbocycles. The molecule has 0 saturated carbocycles. The lowest BCUT2D eigenvalue weighted by molar-refractivity contribution is 0.581. The normalized spacial score (nSPS) is 11.5. The first-order valence-corrected chi connectivity index (χ1v) is 9.41. The van der Waals surface area contributed by atoms with Crippen molar-refractivity contribution in [3.8, 4) is 11.3 Å². The average Bonchev–Trinajstić information content (AvgIpc) is 3.05. The maximum Gasteiger partial charge on any atom is 0.240 e. The van der Waals surface area contributed by atoms with Crippen molar-refractivity contribution in [3.63, 3.8) is 0 Å². The summed E-state index contributed by atoms with van der Waals surface area (Å²) in [6.07, 6.45) is 4.01.